The van der Waals surface area contributed by atoms with Gasteiger partial charge in [-0.2, -0.15) is 0 Å². The fraction of sp³-hybridized carbons (Fsp3) is 0.586. The van der Waals surface area contributed by atoms with Crippen LogP contribution >= 0.6 is 0 Å². The van der Waals surface area contributed by atoms with Crippen molar-refractivity contribution < 1.29 is 19.1 Å². The van der Waals surface area contributed by atoms with Crippen molar-refractivity contribution in [3.63, 3.8) is 0 Å². The lowest BCUT2D eigenvalue weighted by Gasteiger charge is -2.45. The van der Waals surface area contributed by atoms with E-state index in [1.807, 2.05) is 67.8 Å². The summed E-state index contributed by atoms with van der Waals surface area (Å²) in [7, 11) is 0. The van der Waals surface area contributed by atoms with Gasteiger partial charge in [-0.15, -0.1) is 13.2 Å². The van der Waals surface area contributed by atoms with Crippen LogP contribution in [-0.4, -0.2) is 53.1 Å². The maximum atomic E-state index is 13.7. The van der Waals surface area contributed by atoms with Gasteiger partial charge in [0.1, 0.15) is 11.4 Å². The molecule has 2 amide bonds. The fourth-order valence-corrected chi connectivity index (χ4v) is 5.45. The van der Waals surface area contributed by atoms with Gasteiger partial charge in [-0.3, -0.25) is 9.69 Å². The number of ether oxygens (including phenoxy) is 2. The van der Waals surface area contributed by atoms with E-state index in [9.17, 15) is 9.59 Å². The van der Waals surface area contributed by atoms with E-state index in [1.54, 1.807) is 0 Å². The molecule has 1 aromatic carbocycles. The van der Waals surface area contributed by atoms with Crippen molar-refractivity contribution in [3.8, 4) is 5.75 Å². The second kappa shape index (κ2) is 10.9. The Bertz CT molecular complexity index is 938. The molecule has 2 atom stereocenters. The first kappa shape index (κ1) is 26.8. The molecule has 0 bridgehead atoms. The third kappa shape index (κ3) is 5.74. The van der Waals surface area contributed by atoms with Gasteiger partial charge in [-0.1, -0.05) is 31.6 Å². The third-order valence-electron chi connectivity index (χ3n) is 7.02. The highest BCUT2D eigenvalue weighted by Gasteiger charge is 2.56. The van der Waals surface area contributed by atoms with Crippen LogP contribution in [0.25, 0.3) is 0 Å². The number of nitrogens with zero attached hydrogens (tertiary/aromatic N) is 2. The number of rotatable bonds is 9. The minimum absolute atomic E-state index is 0.133. The van der Waals surface area contributed by atoms with E-state index in [0.717, 1.165) is 29.7 Å². The monoisotopic (exact) mass is 482 g/mol. The zero-order valence-electron chi connectivity index (χ0n) is 22.1. The Kier molecular flexibility index (Phi) is 8.34. The summed E-state index contributed by atoms with van der Waals surface area (Å²) in [6, 6.07) is 5.61. The normalized spacial score (nSPS) is 21.5. The van der Waals surface area contributed by atoms with Gasteiger partial charge >= 0.3 is 6.09 Å². The van der Waals surface area contributed by atoms with Crippen molar-refractivity contribution in [2.45, 2.75) is 84.4 Å². The first-order chi connectivity index (χ1) is 16.6. The molecule has 3 rings (SSSR count). The number of hydrogen-bond donors (Lipinski definition) is 0. The van der Waals surface area contributed by atoms with Crippen LogP contribution in [0.3, 0.4) is 0 Å². The van der Waals surface area contributed by atoms with E-state index in [-0.39, 0.29) is 24.1 Å². The average molecular weight is 483 g/mol. The van der Waals surface area contributed by atoms with E-state index >= 15 is 0 Å². The second-order valence-electron chi connectivity index (χ2n) is 10.9. The number of allylic oxidation sites excluding steroid dienone is 2. The van der Waals surface area contributed by atoms with Crippen molar-refractivity contribution in [1.82, 2.24) is 9.80 Å². The molecule has 0 aliphatic carbocycles. The lowest BCUT2D eigenvalue weighted by atomic mass is 9.76. The quantitative estimate of drug-likeness (QED) is 0.310. The SMILES string of the molecule is C=CCC1(CC=C)C[C@H]2[C@H](c3ccc(OCCCC)cc3C)N(C(=O)OC(C)(C)C)CCN2C1=O. The Hall–Kier alpha value is -2.76. The van der Waals surface area contributed by atoms with Crippen LogP contribution in [0, 0.1) is 12.3 Å². The Labute approximate surface area is 211 Å². The standard InChI is InChI=1S/C29H42N2O4/c1-8-11-18-34-22-12-13-23(21(4)19-22)25-24-20-29(14-9-2,15-10-3)26(32)30(24)16-17-31(25)27(33)35-28(5,6)7/h9-10,12-13,19,24-25H,2-3,8,11,14-18,20H2,1,4-7H3/t24-,25-/m0/s1. The molecule has 0 radical (unpaired) electrons. The first-order valence-corrected chi connectivity index (χ1v) is 12.8. The number of fused-ring (bicyclic) bond motifs is 1. The van der Waals surface area contributed by atoms with Gasteiger partial charge in [0, 0.05) is 13.1 Å². The molecule has 2 aliphatic rings. The Morgan fingerprint density at radius 1 is 1.20 bits per heavy atom. The number of carbonyl (C=O) groups excluding carboxylic acids is 2. The van der Waals surface area contributed by atoms with Crippen molar-refractivity contribution in [3.05, 3.63) is 54.6 Å². The Morgan fingerprint density at radius 2 is 1.89 bits per heavy atom. The van der Waals surface area contributed by atoms with E-state index in [4.69, 9.17) is 9.47 Å². The maximum Gasteiger partial charge on any atom is 0.410 e. The molecule has 0 aromatic heterocycles. The minimum Gasteiger partial charge on any atom is -0.494 e. The molecule has 6 heteroatoms. The largest absolute Gasteiger partial charge is 0.494 e. The zero-order chi connectivity index (χ0) is 25.8. The topological polar surface area (TPSA) is 59.1 Å². The summed E-state index contributed by atoms with van der Waals surface area (Å²) < 4.78 is 11.7. The number of hydrogen-bond acceptors (Lipinski definition) is 4. The summed E-state index contributed by atoms with van der Waals surface area (Å²) in [5.41, 5.74) is 0.894. The van der Waals surface area contributed by atoms with Gasteiger partial charge in [0.15, 0.2) is 0 Å². The van der Waals surface area contributed by atoms with E-state index < -0.39 is 11.0 Å². The molecule has 0 N–H and O–H groups in total. The number of aryl methyl sites for hydroxylation is 1. The van der Waals surface area contributed by atoms with Gasteiger partial charge in [-0.25, -0.2) is 4.79 Å². The van der Waals surface area contributed by atoms with Gasteiger partial charge in [0.25, 0.3) is 0 Å². The third-order valence-corrected chi connectivity index (χ3v) is 7.02. The van der Waals surface area contributed by atoms with Gasteiger partial charge in [0.05, 0.1) is 24.1 Å². The van der Waals surface area contributed by atoms with Crippen molar-refractivity contribution in [2.75, 3.05) is 19.7 Å². The average Bonchev–Trinajstić information content (AvgIpc) is 3.05. The van der Waals surface area contributed by atoms with Crippen molar-refractivity contribution in [2.24, 2.45) is 5.41 Å². The molecule has 2 aliphatic heterocycles. The number of carbonyl (C=O) groups is 2. The smallest absolute Gasteiger partial charge is 0.410 e. The summed E-state index contributed by atoms with van der Waals surface area (Å²) in [4.78, 5) is 30.9. The fourth-order valence-electron chi connectivity index (χ4n) is 5.45. The highest BCUT2D eigenvalue weighted by atomic mass is 16.6. The number of unbranched alkanes of at least 4 members (excludes halogenated alkanes) is 1. The van der Waals surface area contributed by atoms with Crippen LogP contribution in [0.2, 0.25) is 0 Å². The number of benzene rings is 1. The van der Waals surface area contributed by atoms with Gasteiger partial charge in [0.2, 0.25) is 5.91 Å². The van der Waals surface area contributed by atoms with Crippen LogP contribution in [0.15, 0.2) is 43.5 Å². The second-order valence-corrected chi connectivity index (χ2v) is 10.9. The summed E-state index contributed by atoms with van der Waals surface area (Å²) in [6.45, 7) is 19.2. The highest BCUT2D eigenvalue weighted by Crippen LogP contribution is 2.49. The number of piperazine rings is 1. The van der Waals surface area contributed by atoms with Crippen LogP contribution in [0.4, 0.5) is 4.79 Å². The minimum atomic E-state index is -0.605. The van der Waals surface area contributed by atoms with Crippen molar-refractivity contribution in [1.29, 1.82) is 0 Å². The number of amides is 2. The van der Waals surface area contributed by atoms with Crippen LogP contribution in [-0.2, 0) is 9.53 Å². The molecular weight excluding hydrogens is 440 g/mol. The lowest BCUT2D eigenvalue weighted by Crippen LogP contribution is -2.56. The summed E-state index contributed by atoms with van der Waals surface area (Å²) in [5, 5.41) is 0. The van der Waals surface area contributed by atoms with Crippen molar-refractivity contribution >= 4 is 12.0 Å². The van der Waals surface area contributed by atoms with Gasteiger partial charge < -0.3 is 14.4 Å². The van der Waals surface area contributed by atoms with Crippen LogP contribution in [0.1, 0.15) is 77.0 Å². The van der Waals surface area contributed by atoms with Crippen LogP contribution < -0.4 is 4.74 Å². The van der Waals surface area contributed by atoms with Gasteiger partial charge in [-0.05, 0) is 76.6 Å². The molecule has 0 saturated carbocycles. The summed E-state index contributed by atoms with van der Waals surface area (Å²) in [5.74, 6) is 0.958. The van der Waals surface area contributed by atoms with E-state index in [2.05, 4.69) is 20.1 Å². The summed E-state index contributed by atoms with van der Waals surface area (Å²) >= 11 is 0. The molecule has 1 aromatic rings. The molecule has 6 nitrogen and oxygen atoms in total. The van der Waals surface area contributed by atoms with E-state index in [1.165, 1.54) is 0 Å². The molecule has 0 unspecified atom stereocenters. The zero-order valence-corrected chi connectivity index (χ0v) is 22.1. The predicted octanol–water partition coefficient (Wildman–Crippen LogP) is 6.21. The van der Waals surface area contributed by atoms with Crippen LogP contribution in [0.5, 0.6) is 5.75 Å². The molecule has 35 heavy (non-hydrogen) atoms. The molecule has 2 saturated heterocycles. The summed E-state index contributed by atoms with van der Waals surface area (Å²) in [6.07, 6.45) is 7.21. The maximum absolute atomic E-state index is 13.7. The molecule has 192 valence electrons. The molecule has 2 heterocycles. The molecule has 0 spiro atoms. The first-order valence-electron chi connectivity index (χ1n) is 12.8. The molecular formula is C29H42N2O4. The lowest BCUT2D eigenvalue weighted by molar-refractivity contribution is -0.139. The Balaban J connectivity index is 2.02. The predicted molar refractivity (Wildman–Crippen MR) is 139 cm³/mol. The highest BCUT2D eigenvalue weighted by molar-refractivity contribution is 5.86. The van der Waals surface area contributed by atoms with E-state index in [0.29, 0.717) is 39.0 Å². The molecule has 2 fully saturated rings. The Morgan fingerprint density at radius 3 is 2.46 bits per heavy atom.